The number of hydrogen-bond acceptors (Lipinski definition) is 3. The van der Waals surface area contributed by atoms with Gasteiger partial charge in [0.2, 0.25) is 0 Å². The van der Waals surface area contributed by atoms with Crippen molar-refractivity contribution < 1.29 is 14.6 Å². The molecular formula is C17H18O3. The molecule has 0 fully saturated rings. The lowest BCUT2D eigenvalue weighted by molar-refractivity contribution is 0.0247. The van der Waals surface area contributed by atoms with Crippen LogP contribution in [0.3, 0.4) is 0 Å². The minimum absolute atomic E-state index is 0.0681. The number of ether oxygens (including phenoxy) is 1. The van der Waals surface area contributed by atoms with Gasteiger partial charge in [-0.05, 0) is 5.56 Å². The van der Waals surface area contributed by atoms with Gasteiger partial charge in [0.25, 0.3) is 0 Å². The highest BCUT2D eigenvalue weighted by atomic mass is 16.5. The van der Waals surface area contributed by atoms with Gasteiger partial charge in [-0.2, -0.15) is 0 Å². The maximum absolute atomic E-state index is 11.9. The van der Waals surface area contributed by atoms with Crippen molar-refractivity contribution >= 4 is 5.78 Å². The summed E-state index contributed by atoms with van der Waals surface area (Å²) in [4.78, 5) is 11.9. The Morgan fingerprint density at radius 2 is 1.60 bits per heavy atom. The van der Waals surface area contributed by atoms with Crippen LogP contribution in [0.25, 0.3) is 0 Å². The molecule has 1 N–H and O–H groups in total. The van der Waals surface area contributed by atoms with Crippen molar-refractivity contribution in [2.24, 2.45) is 0 Å². The van der Waals surface area contributed by atoms with Crippen LogP contribution in [0.15, 0.2) is 60.7 Å². The van der Waals surface area contributed by atoms with Gasteiger partial charge in [0.05, 0.1) is 19.3 Å². The van der Waals surface area contributed by atoms with Crippen molar-refractivity contribution in [3.05, 3.63) is 71.8 Å². The van der Waals surface area contributed by atoms with Gasteiger partial charge >= 0.3 is 0 Å². The summed E-state index contributed by atoms with van der Waals surface area (Å²) in [5, 5.41) is 9.81. The second kappa shape index (κ2) is 7.58. The summed E-state index contributed by atoms with van der Waals surface area (Å²) in [6.45, 7) is 0.602. The molecule has 0 heterocycles. The van der Waals surface area contributed by atoms with E-state index in [-0.39, 0.29) is 18.8 Å². The molecule has 0 aliphatic rings. The largest absolute Gasteiger partial charge is 0.390 e. The number of aliphatic hydroxyl groups is 1. The fourth-order valence-electron chi connectivity index (χ4n) is 1.90. The van der Waals surface area contributed by atoms with Crippen LogP contribution >= 0.6 is 0 Å². The third-order valence-electron chi connectivity index (χ3n) is 2.94. The summed E-state index contributed by atoms with van der Waals surface area (Å²) in [6, 6.07) is 18.7. The molecule has 3 nitrogen and oxygen atoms in total. The zero-order chi connectivity index (χ0) is 14.2. The van der Waals surface area contributed by atoms with E-state index in [1.807, 2.05) is 48.5 Å². The van der Waals surface area contributed by atoms with Gasteiger partial charge in [-0.1, -0.05) is 60.7 Å². The highest BCUT2D eigenvalue weighted by Crippen LogP contribution is 2.07. The van der Waals surface area contributed by atoms with E-state index in [0.29, 0.717) is 12.2 Å². The molecule has 0 amide bonds. The minimum Gasteiger partial charge on any atom is -0.390 e. The van der Waals surface area contributed by atoms with Crippen LogP contribution in [0.5, 0.6) is 0 Å². The van der Waals surface area contributed by atoms with E-state index in [4.69, 9.17) is 4.74 Å². The Morgan fingerprint density at radius 3 is 2.25 bits per heavy atom. The summed E-state index contributed by atoms with van der Waals surface area (Å²) < 4.78 is 5.42. The van der Waals surface area contributed by atoms with Gasteiger partial charge in [0.1, 0.15) is 0 Å². The van der Waals surface area contributed by atoms with Gasteiger partial charge < -0.3 is 9.84 Å². The van der Waals surface area contributed by atoms with Crippen molar-refractivity contribution in [2.75, 3.05) is 6.61 Å². The standard InChI is InChI=1S/C17H18O3/c18-16(11-17(19)15-9-5-2-6-10-15)13-20-12-14-7-3-1-4-8-14/h1-10,16,18H,11-13H2/t16-/m0/s1. The molecule has 0 spiro atoms. The van der Waals surface area contributed by atoms with Crippen LogP contribution in [0.4, 0.5) is 0 Å². The summed E-state index contributed by atoms with van der Waals surface area (Å²) in [7, 11) is 0. The Balaban J connectivity index is 1.73. The number of aliphatic hydroxyl groups excluding tert-OH is 1. The number of hydrogen-bond donors (Lipinski definition) is 1. The summed E-state index contributed by atoms with van der Waals surface area (Å²) >= 11 is 0. The molecule has 0 radical (unpaired) electrons. The Bertz CT molecular complexity index is 522. The van der Waals surface area contributed by atoms with Crippen molar-refractivity contribution in [3.63, 3.8) is 0 Å². The lowest BCUT2D eigenvalue weighted by Gasteiger charge is -2.10. The first-order chi connectivity index (χ1) is 9.75. The maximum atomic E-state index is 11.9. The van der Waals surface area contributed by atoms with Crippen LogP contribution < -0.4 is 0 Å². The van der Waals surface area contributed by atoms with Gasteiger partial charge in [0.15, 0.2) is 5.78 Å². The Kier molecular flexibility index (Phi) is 5.47. The van der Waals surface area contributed by atoms with Crippen molar-refractivity contribution in [1.82, 2.24) is 0 Å². The highest BCUT2D eigenvalue weighted by molar-refractivity contribution is 5.96. The molecule has 0 aliphatic carbocycles. The van der Waals surface area contributed by atoms with E-state index in [1.165, 1.54) is 0 Å². The van der Waals surface area contributed by atoms with E-state index in [9.17, 15) is 9.90 Å². The molecule has 104 valence electrons. The lowest BCUT2D eigenvalue weighted by Crippen LogP contribution is -2.19. The second-order valence-electron chi connectivity index (χ2n) is 4.65. The smallest absolute Gasteiger partial charge is 0.165 e. The van der Waals surface area contributed by atoms with Crippen molar-refractivity contribution in [2.45, 2.75) is 19.1 Å². The predicted molar refractivity (Wildman–Crippen MR) is 77.5 cm³/mol. The van der Waals surface area contributed by atoms with Crippen LogP contribution in [-0.2, 0) is 11.3 Å². The number of Topliss-reactive ketones (excluding diaryl/α,β-unsaturated/α-hetero) is 1. The lowest BCUT2D eigenvalue weighted by atomic mass is 10.1. The highest BCUT2D eigenvalue weighted by Gasteiger charge is 2.12. The molecule has 0 saturated carbocycles. The first kappa shape index (κ1) is 14.4. The Labute approximate surface area is 118 Å². The molecule has 0 aliphatic heterocycles. The molecule has 20 heavy (non-hydrogen) atoms. The maximum Gasteiger partial charge on any atom is 0.165 e. The molecule has 0 aromatic heterocycles. The molecule has 2 aromatic rings. The first-order valence-electron chi connectivity index (χ1n) is 6.63. The molecule has 1 atom stereocenters. The Hall–Kier alpha value is -1.97. The zero-order valence-corrected chi connectivity index (χ0v) is 11.2. The van der Waals surface area contributed by atoms with Crippen molar-refractivity contribution in [3.8, 4) is 0 Å². The van der Waals surface area contributed by atoms with Gasteiger partial charge in [-0.3, -0.25) is 4.79 Å². The van der Waals surface area contributed by atoms with E-state index < -0.39 is 6.10 Å². The topological polar surface area (TPSA) is 46.5 Å². The third kappa shape index (κ3) is 4.61. The quantitative estimate of drug-likeness (QED) is 0.787. The number of carbonyl (C=O) groups excluding carboxylic acids is 1. The van der Waals surface area contributed by atoms with E-state index in [1.54, 1.807) is 12.1 Å². The number of carbonyl (C=O) groups is 1. The average Bonchev–Trinajstić information content (AvgIpc) is 2.49. The average molecular weight is 270 g/mol. The van der Waals surface area contributed by atoms with Crippen LogP contribution in [0.2, 0.25) is 0 Å². The first-order valence-corrected chi connectivity index (χ1v) is 6.63. The minimum atomic E-state index is -0.772. The number of benzene rings is 2. The molecule has 0 saturated heterocycles. The molecular weight excluding hydrogens is 252 g/mol. The zero-order valence-electron chi connectivity index (χ0n) is 11.2. The summed E-state index contributed by atoms with van der Waals surface area (Å²) in [6.07, 6.45) is -0.690. The summed E-state index contributed by atoms with van der Waals surface area (Å²) in [5.41, 5.74) is 1.67. The molecule has 0 unspecified atom stereocenters. The van der Waals surface area contributed by atoms with E-state index in [2.05, 4.69) is 0 Å². The molecule has 2 rings (SSSR count). The normalized spacial score (nSPS) is 12.1. The summed E-state index contributed by atoms with van der Waals surface area (Å²) in [5.74, 6) is -0.0681. The SMILES string of the molecule is O=C(C[C@H](O)COCc1ccccc1)c1ccccc1. The van der Waals surface area contributed by atoms with Gasteiger partial charge in [0, 0.05) is 12.0 Å². The third-order valence-corrected chi connectivity index (χ3v) is 2.94. The van der Waals surface area contributed by atoms with E-state index in [0.717, 1.165) is 5.56 Å². The van der Waals surface area contributed by atoms with Gasteiger partial charge in [-0.25, -0.2) is 0 Å². The number of ketones is 1. The monoisotopic (exact) mass is 270 g/mol. The number of rotatable bonds is 7. The van der Waals surface area contributed by atoms with Gasteiger partial charge in [-0.15, -0.1) is 0 Å². The molecule has 2 aromatic carbocycles. The fraction of sp³-hybridized carbons (Fsp3) is 0.235. The van der Waals surface area contributed by atoms with Crippen LogP contribution in [-0.4, -0.2) is 23.6 Å². The molecule has 0 bridgehead atoms. The van der Waals surface area contributed by atoms with E-state index >= 15 is 0 Å². The predicted octanol–water partition coefficient (Wildman–Crippen LogP) is 2.84. The fourth-order valence-corrected chi connectivity index (χ4v) is 1.90. The van der Waals surface area contributed by atoms with Crippen LogP contribution in [0.1, 0.15) is 22.3 Å². The Morgan fingerprint density at radius 1 is 1.00 bits per heavy atom. The van der Waals surface area contributed by atoms with Crippen LogP contribution in [0, 0.1) is 0 Å². The van der Waals surface area contributed by atoms with Crippen molar-refractivity contribution in [1.29, 1.82) is 0 Å². The molecule has 3 heteroatoms. The second-order valence-corrected chi connectivity index (χ2v) is 4.65.